The Morgan fingerprint density at radius 1 is 1.17 bits per heavy atom. The maximum absolute atomic E-state index is 12.3. The highest BCUT2D eigenvalue weighted by Crippen LogP contribution is 2.38. The van der Waals surface area contributed by atoms with Gasteiger partial charge in [0, 0.05) is 16.5 Å². The summed E-state index contributed by atoms with van der Waals surface area (Å²) in [5.41, 5.74) is 5.64. The first-order valence-corrected chi connectivity index (χ1v) is 7.84. The number of hydrogen-bond donors (Lipinski definition) is 2. The van der Waals surface area contributed by atoms with Crippen molar-refractivity contribution >= 4 is 34.4 Å². The Kier molecular flexibility index (Phi) is 3.31. The van der Waals surface area contributed by atoms with Crippen LogP contribution in [0.25, 0.3) is 28.2 Å². The summed E-state index contributed by atoms with van der Waals surface area (Å²) < 4.78 is 0. The number of fused-ring (bicyclic) bond motifs is 5. The molecule has 0 saturated carbocycles. The standard InChI is InChI=1S/C20H16N2O2/c1-12(23)6-7-13-8-9-18-16(10-13)20-15(11-19(24)21-18)14-4-2-3-5-17(14)22-20/h2-10,22H,11H2,1H3,(H,21,24). The van der Waals surface area contributed by atoms with Gasteiger partial charge in [0.15, 0.2) is 5.78 Å². The number of ketones is 1. The van der Waals surface area contributed by atoms with Crippen molar-refractivity contribution < 1.29 is 9.59 Å². The summed E-state index contributed by atoms with van der Waals surface area (Å²) in [4.78, 5) is 26.9. The zero-order chi connectivity index (χ0) is 16.7. The maximum atomic E-state index is 12.3. The Labute approximate surface area is 139 Å². The summed E-state index contributed by atoms with van der Waals surface area (Å²) in [6, 6.07) is 13.8. The lowest BCUT2D eigenvalue weighted by molar-refractivity contribution is -0.115. The molecule has 2 N–H and O–H groups in total. The Hall–Kier alpha value is -3.14. The van der Waals surface area contributed by atoms with Gasteiger partial charge in [0.25, 0.3) is 0 Å². The average Bonchev–Trinajstić information content (AvgIpc) is 2.85. The second kappa shape index (κ2) is 5.49. The molecule has 1 aromatic heterocycles. The molecule has 0 atom stereocenters. The lowest BCUT2D eigenvalue weighted by Gasteiger charge is -2.08. The molecule has 4 rings (SSSR count). The van der Waals surface area contributed by atoms with Crippen molar-refractivity contribution in [2.75, 3.05) is 5.32 Å². The Balaban J connectivity index is 1.95. The van der Waals surface area contributed by atoms with Gasteiger partial charge in [-0.1, -0.05) is 30.3 Å². The molecule has 1 aliphatic heterocycles. The number of aromatic nitrogens is 1. The molecule has 1 aliphatic rings. The van der Waals surface area contributed by atoms with Gasteiger partial charge >= 0.3 is 0 Å². The van der Waals surface area contributed by atoms with Crippen molar-refractivity contribution in [3.05, 3.63) is 59.7 Å². The summed E-state index contributed by atoms with van der Waals surface area (Å²) >= 11 is 0. The number of nitrogens with one attached hydrogen (secondary N) is 2. The van der Waals surface area contributed by atoms with Crippen LogP contribution in [0.2, 0.25) is 0 Å². The van der Waals surface area contributed by atoms with E-state index in [-0.39, 0.29) is 11.7 Å². The number of benzene rings is 2. The highest BCUT2D eigenvalue weighted by molar-refractivity contribution is 6.05. The third-order valence-electron chi connectivity index (χ3n) is 4.25. The molecule has 1 amide bonds. The SMILES string of the molecule is CC(=O)C=Cc1ccc2c(c1)-c1[nH]c3ccccc3c1CC(=O)N2. The fraction of sp³-hybridized carbons (Fsp3) is 0.100. The first-order valence-electron chi connectivity index (χ1n) is 7.84. The maximum Gasteiger partial charge on any atom is 0.228 e. The smallest absolute Gasteiger partial charge is 0.228 e. The van der Waals surface area contributed by atoms with E-state index in [1.165, 1.54) is 6.92 Å². The normalized spacial score (nSPS) is 13.5. The van der Waals surface area contributed by atoms with E-state index in [4.69, 9.17) is 0 Å². The van der Waals surface area contributed by atoms with Crippen molar-refractivity contribution in [1.82, 2.24) is 4.98 Å². The van der Waals surface area contributed by atoms with Gasteiger partial charge in [-0.05, 0) is 42.3 Å². The zero-order valence-corrected chi connectivity index (χ0v) is 13.2. The number of allylic oxidation sites excluding steroid dienone is 1. The number of amides is 1. The van der Waals surface area contributed by atoms with Gasteiger partial charge in [0.2, 0.25) is 5.91 Å². The van der Waals surface area contributed by atoms with Gasteiger partial charge in [-0.15, -0.1) is 0 Å². The molecule has 118 valence electrons. The number of rotatable bonds is 2. The second-order valence-corrected chi connectivity index (χ2v) is 6.00. The van der Waals surface area contributed by atoms with E-state index in [0.29, 0.717) is 6.42 Å². The van der Waals surface area contributed by atoms with E-state index < -0.39 is 0 Å². The van der Waals surface area contributed by atoms with Crippen molar-refractivity contribution in [1.29, 1.82) is 0 Å². The second-order valence-electron chi connectivity index (χ2n) is 6.00. The number of H-pyrrole nitrogens is 1. The molecular formula is C20H16N2O2. The molecule has 0 aliphatic carbocycles. The van der Waals surface area contributed by atoms with E-state index in [1.807, 2.05) is 42.5 Å². The molecular weight excluding hydrogens is 300 g/mol. The molecule has 0 unspecified atom stereocenters. The summed E-state index contributed by atoms with van der Waals surface area (Å²) in [6.07, 6.45) is 3.67. The van der Waals surface area contributed by atoms with E-state index in [1.54, 1.807) is 12.2 Å². The first kappa shape index (κ1) is 14.5. The number of hydrogen-bond acceptors (Lipinski definition) is 2. The van der Waals surface area contributed by atoms with Gasteiger partial charge < -0.3 is 10.3 Å². The summed E-state index contributed by atoms with van der Waals surface area (Å²) in [7, 11) is 0. The lowest BCUT2D eigenvalue weighted by atomic mass is 10.0. The first-order chi connectivity index (χ1) is 11.6. The minimum atomic E-state index is -0.0215. The minimum Gasteiger partial charge on any atom is -0.354 e. The van der Waals surface area contributed by atoms with Crippen LogP contribution in [0.4, 0.5) is 5.69 Å². The van der Waals surface area contributed by atoms with Gasteiger partial charge in [0.05, 0.1) is 17.8 Å². The van der Waals surface area contributed by atoms with Crippen molar-refractivity contribution in [3.8, 4) is 11.3 Å². The minimum absolute atomic E-state index is 0.00421. The summed E-state index contributed by atoms with van der Waals surface area (Å²) in [6.45, 7) is 1.52. The molecule has 0 saturated heterocycles. The molecule has 0 bridgehead atoms. The lowest BCUT2D eigenvalue weighted by Crippen LogP contribution is -2.12. The van der Waals surface area contributed by atoms with Crippen LogP contribution in [0.15, 0.2) is 48.5 Å². The Morgan fingerprint density at radius 3 is 2.83 bits per heavy atom. The van der Waals surface area contributed by atoms with Crippen LogP contribution < -0.4 is 5.32 Å². The average molecular weight is 316 g/mol. The predicted octanol–water partition coefficient (Wildman–Crippen LogP) is 3.93. The number of anilines is 1. The Bertz CT molecular complexity index is 1010. The van der Waals surface area contributed by atoms with E-state index in [9.17, 15) is 9.59 Å². The van der Waals surface area contributed by atoms with Crippen LogP contribution in [-0.2, 0) is 16.0 Å². The highest BCUT2D eigenvalue weighted by atomic mass is 16.1. The van der Waals surface area contributed by atoms with Crippen LogP contribution in [-0.4, -0.2) is 16.7 Å². The number of carbonyl (C=O) groups excluding carboxylic acids is 2. The molecule has 4 nitrogen and oxygen atoms in total. The molecule has 2 heterocycles. The van der Waals surface area contributed by atoms with E-state index in [0.717, 1.165) is 39.0 Å². The van der Waals surface area contributed by atoms with Crippen LogP contribution >= 0.6 is 0 Å². The third kappa shape index (κ3) is 2.42. The number of para-hydroxylation sites is 1. The highest BCUT2D eigenvalue weighted by Gasteiger charge is 2.22. The van der Waals surface area contributed by atoms with Crippen molar-refractivity contribution in [3.63, 3.8) is 0 Å². The predicted molar refractivity (Wildman–Crippen MR) is 95.8 cm³/mol. The van der Waals surface area contributed by atoms with Gasteiger partial charge in [0.1, 0.15) is 0 Å². The fourth-order valence-corrected chi connectivity index (χ4v) is 3.16. The quantitative estimate of drug-likeness (QED) is 0.704. The third-order valence-corrected chi connectivity index (χ3v) is 4.25. The zero-order valence-electron chi connectivity index (χ0n) is 13.2. The fourth-order valence-electron chi connectivity index (χ4n) is 3.16. The Morgan fingerprint density at radius 2 is 2.00 bits per heavy atom. The van der Waals surface area contributed by atoms with Gasteiger partial charge in [-0.25, -0.2) is 0 Å². The molecule has 2 aromatic carbocycles. The molecule has 4 heteroatoms. The van der Waals surface area contributed by atoms with Gasteiger partial charge in [-0.2, -0.15) is 0 Å². The van der Waals surface area contributed by atoms with Crippen LogP contribution in [0.1, 0.15) is 18.1 Å². The molecule has 0 fully saturated rings. The molecule has 3 aromatic rings. The van der Waals surface area contributed by atoms with E-state index in [2.05, 4.69) is 10.3 Å². The molecule has 24 heavy (non-hydrogen) atoms. The van der Waals surface area contributed by atoms with Crippen molar-refractivity contribution in [2.24, 2.45) is 0 Å². The van der Waals surface area contributed by atoms with Crippen molar-refractivity contribution in [2.45, 2.75) is 13.3 Å². The largest absolute Gasteiger partial charge is 0.354 e. The number of carbonyl (C=O) groups is 2. The summed E-state index contributed by atoms with van der Waals surface area (Å²) in [5.74, 6) is -0.0173. The van der Waals surface area contributed by atoms with Gasteiger partial charge in [-0.3, -0.25) is 9.59 Å². The van der Waals surface area contributed by atoms with Crippen LogP contribution in [0, 0.1) is 0 Å². The van der Waals surface area contributed by atoms with Crippen LogP contribution in [0.3, 0.4) is 0 Å². The van der Waals surface area contributed by atoms with E-state index >= 15 is 0 Å². The number of aromatic amines is 1. The summed E-state index contributed by atoms with van der Waals surface area (Å²) in [5, 5.41) is 4.03. The molecule has 0 spiro atoms. The van der Waals surface area contributed by atoms with Crippen LogP contribution in [0.5, 0.6) is 0 Å². The topological polar surface area (TPSA) is 62.0 Å². The molecule has 0 radical (unpaired) electrons. The monoisotopic (exact) mass is 316 g/mol.